The summed E-state index contributed by atoms with van der Waals surface area (Å²) in [5, 5.41) is 0. The molecule has 0 unspecified atom stereocenters. The van der Waals surface area contributed by atoms with E-state index >= 15 is 0 Å². The smallest absolute Gasteiger partial charge is 0.248 e. The van der Waals surface area contributed by atoms with Crippen LogP contribution in [0.2, 0.25) is 0 Å². The van der Waals surface area contributed by atoms with Crippen molar-refractivity contribution in [2.45, 2.75) is 19.3 Å². The Bertz CT molecular complexity index is 116. The lowest BCUT2D eigenvalue weighted by atomic mass is 9.85. The highest BCUT2D eigenvalue weighted by molar-refractivity contribution is 5.83. The second-order valence-corrected chi connectivity index (χ2v) is 2.12. The number of rotatable bonds is 1. The van der Waals surface area contributed by atoms with E-state index in [9.17, 15) is 4.79 Å². The Morgan fingerprint density at radius 3 is 2.38 bits per heavy atom. The van der Waals surface area contributed by atoms with Crippen LogP contribution in [0.1, 0.15) is 19.3 Å². The molecule has 0 aromatic carbocycles. The van der Waals surface area contributed by atoms with E-state index in [1.807, 2.05) is 0 Å². The number of aliphatic imine (C=N–C) groups is 1. The summed E-state index contributed by atoms with van der Waals surface area (Å²) >= 11 is 0. The molecular formula is C6H9NO. The molecule has 1 aliphatic rings. The Labute approximate surface area is 48.6 Å². The van der Waals surface area contributed by atoms with Crippen molar-refractivity contribution in [2.24, 2.45) is 10.9 Å². The van der Waals surface area contributed by atoms with Gasteiger partial charge >= 0.3 is 0 Å². The highest BCUT2D eigenvalue weighted by Gasteiger charge is 2.23. The van der Waals surface area contributed by atoms with Gasteiger partial charge in [-0.25, -0.2) is 4.99 Å². The molecular weight excluding hydrogens is 102 g/mol. The average molecular weight is 111 g/mol. The van der Waals surface area contributed by atoms with E-state index in [0.717, 1.165) is 12.8 Å². The SMILES string of the molecule is C=NC(=O)C1CCC1. The van der Waals surface area contributed by atoms with E-state index < -0.39 is 0 Å². The maximum absolute atomic E-state index is 10.6. The normalized spacial score (nSPS) is 19.5. The number of hydrogen-bond acceptors (Lipinski definition) is 1. The van der Waals surface area contributed by atoms with Gasteiger partial charge in [0.1, 0.15) is 0 Å². The van der Waals surface area contributed by atoms with Gasteiger partial charge in [-0.15, -0.1) is 0 Å². The maximum atomic E-state index is 10.6. The van der Waals surface area contributed by atoms with E-state index in [-0.39, 0.29) is 11.8 Å². The summed E-state index contributed by atoms with van der Waals surface area (Å²) < 4.78 is 0. The molecule has 0 atom stereocenters. The van der Waals surface area contributed by atoms with E-state index in [1.54, 1.807) is 0 Å². The first-order chi connectivity index (χ1) is 3.84. The molecule has 0 aromatic rings. The van der Waals surface area contributed by atoms with Crippen molar-refractivity contribution in [1.29, 1.82) is 0 Å². The molecule has 0 heterocycles. The van der Waals surface area contributed by atoms with Crippen LogP contribution in [0.4, 0.5) is 0 Å². The number of amides is 1. The first-order valence-electron chi connectivity index (χ1n) is 2.85. The molecule has 0 aromatic heterocycles. The largest absolute Gasteiger partial charge is 0.272 e. The van der Waals surface area contributed by atoms with Crippen molar-refractivity contribution in [3.05, 3.63) is 0 Å². The lowest BCUT2D eigenvalue weighted by Gasteiger charge is -2.20. The van der Waals surface area contributed by atoms with Gasteiger partial charge in [0, 0.05) is 5.92 Å². The molecule has 1 aliphatic carbocycles. The van der Waals surface area contributed by atoms with Crippen LogP contribution >= 0.6 is 0 Å². The van der Waals surface area contributed by atoms with Crippen LogP contribution < -0.4 is 0 Å². The maximum Gasteiger partial charge on any atom is 0.248 e. The monoisotopic (exact) mass is 111 g/mol. The molecule has 0 aliphatic heterocycles. The van der Waals surface area contributed by atoms with Crippen LogP contribution in [-0.2, 0) is 4.79 Å². The summed E-state index contributed by atoms with van der Waals surface area (Å²) in [6.45, 7) is 3.16. The fourth-order valence-corrected chi connectivity index (χ4v) is 0.784. The van der Waals surface area contributed by atoms with Crippen LogP contribution in [0, 0.1) is 5.92 Å². The van der Waals surface area contributed by atoms with Crippen molar-refractivity contribution >= 4 is 12.6 Å². The first kappa shape index (κ1) is 5.48. The van der Waals surface area contributed by atoms with Crippen LogP contribution in [0.3, 0.4) is 0 Å². The zero-order valence-electron chi connectivity index (χ0n) is 4.76. The zero-order valence-corrected chi connectivity index (χ0v) is 4.76. The zero-order chi connectivity index (χ0) is 5.98. The van der Waals surface area contributed by atoms with Gasteiger partial charge in [-0.3, -0.25) is 4.79 Å². The number of carbonyl (C=O) groups is 1. The van der Waals surface area contributed by atoms with Gasteiger partial charge in [0.05, 0.1) is 0 Å². The fraction of sp³-hybridized carbons (Fsp3) is 0.667. The second kappa shape index (κ2) is 2.07. The van der Waals surface area contributed by atoms with Gasteiger partial charge in [0.2, 0.25) is 5.91 Å². The first-order valence-corrected chi connectivity index (χ1v) is 2.85. The van der Waals surface area contributed by atoms with Crippen LogP contribution in [-0.4, -0.2) is 12.6 Å². The summed E-state index contributed by atoms with van der Waals surface area (Å²) in [5.74, 6) is 0.212. The van der Waals surface area contributed by atoms with Gasteiger partial charge in [-0.05, 0) is 19.6 Å². The third kappa shape index (κ3) is 0.782. The third-order valence-electron chi connectivity index (χ3n) is 1.61. The van der Waals surface area contributed by atoms with Crippen molar-refractivity contribution in [3.63, 3.8) is 0 Å². The van der Waals surface area contributed by atoms with E-state index in [4.69, 9.17) is 0 Å². The van der Waals surface area contributed by atoms with Crippen molar-refractivity contribution in [3.8, 4) is 0 Å². The molecule has 44 valence electrons. The molecule has 2 heteroatoms. The molecule has 0 bridgehead atoms. The van der Waals surface area contributed by atoms with E-state index in [2.05, 4.69) is 11.7 Å². The van der Waals surface area contributed by atoms with Crippen molar-refractivity contribution in [2.75, 3.05) is 0 Å². The number of carbonyl (C=O) groups excluding carboxylic acids is 1. The molecule has 2 nitrogen and oxygen atoms in total. The Kier molecular flexibility index (Phi) is 1.42. The van der Waals surface area contributed by atoms with E-state index in [1.165, 1.54) is 6.42 Å². The number of nitrogens with zero attached hydrogens (tertiary/aromatic N) is 1. The second-order valence-electron chi connectivity index (χ2n) is 2.12. The molecule has 0 N–H and O–H groups in total. The van der Waals surface area contributed by atoms with Gasteiger partial charge in [0.25, 0.3) is 0 Å². The molecule has 0 spiro atoms. The van der Waals surface area contributed by atoms with Gasteiger partial charge in [-0.2, -0.15) is 0 Å². The van der Waals surface area contributed by atoms with Crippen molar-refractivity contribution in [1.82, 2.24) is 0 Å². The van der Waals surface area contributed by atoms with Crippen LogP contribution in [0.15, 0.2) is 4.99 Å². The Balaban J connectivity index is 2.34. The minimum absolute atomic E-state index is 0.0174. The highest BCUT2D eigenvalue weighted by Crippen LogP contribution is 2.26. The molecule has 1 saturated carbocycles. The Hall–Kier alpha value is -0.660. The minimum atomic E-state index is -0.0174. The number of hydrogen-bond donors (Lipinski definition) is 0. The third-order valence-corrected chi connectivity index (χ3v) is 1.61. The summed E-state index contributed by atoms with van der Waals surface area (Å²) in [5.41, 5.74) is 0. The fourth-order valence-electron chi connectivity index (χ4n) is 0.784. The average Bonchev–Trinajstić information content (AvgIpc) is 1.62. The molecule has 1 fully saturated rings. The quantitative estimate of drug-likeness (QED) is 0.464. The summed E-state index contributed by atoms with van der Waals surface area (Å²) in [7, 11) is 0. The topological polar surface area (TPSA) is 29.4 Å². The van der Waals surface area contributed by atoms with Gasteiger partial charge in [-0.1, -0.05) is 6.42 Å². The van der Waals surface area contributed by atoms with Gasteiger partial charge in [0.15, 0.2) is 0 Å². The standard InChI is InChI=1S/C6H9NO/c1-7-6(8)5-3-2-4-5/h5H,1-4H2. The van der Waals surface area contributed by atoms with Crippen molar-refractivity contribution < 1.29 is 4.79 Å². The van der Waals surface area contributed by atoms with Gasteiger partial charge < -0.3 is 0 Å². The summed E-state index contributed by atoms with van der Waals surface area (Å²) in [6, 6.07) is 0. The summed E-state index contributed by atoms with van der Waals surface area (Å²) in [6.07, 6.45) is 3.24. The van der Waals surface area contributed by atoms with Crippen LogP contribution in [0.25, 0.3) is 0 Å². The predicted molar refractivity (Wildman–Crippen MR) is 31.9 cm³/mol. The van der Waals surface area contributed by atoms with E-state index in [0.29, 0.717) is 0 Å². The highest BCUT2D eigenvalue weighted by atomic mass is 16.1. The summed E-state index contributed by atoms with van der Waals surface area (Å²) in [4.78, 5) is 13.9. The Morgan fingerprint density at radius 1 is 1.62 bits per heavy atom. The molecule has 1 rings (SSSR count). The lowest BCUT2D eigenvalue weighted by Crippen LogP contribution is -2.19. The Morgan fingerprint density at radius 2 is 2.25 bits per heavy atom. The molecule has 0 radical (unpaired) electrons. The lowest BCUT2D eigenvalue weighted by molar-refractivity contribution is -0.123. The molecule has 8 heavy (non-hydrogen) atoms. The van der Waals surface area contributed by atoms with Crippen LogP contribution in [0.5, 0.6) is 0 Å². The molecule has 0 saturated heterocycles. The molecule has 1 amide bonds. The predicted octanol–water partition coefficient (Wildman–Crippen LogP) is 1.01. The minimum Gasteiger partial charge on any atom is -0.272 e.